The number of nitrogens with zero attached hydrogens (tertiary/aromatic N) is 1. The first-order valence-corrected chi connectivity index (χ1v) is 13.1. The number of para-hydroxylation sites is 1. The van der Waals surface area contributed by atoms with Gasteiger partial charge in [-0.05, 0) is 72.9 Å². The lowest BCUT2D eigenvalue weighted by molar-refractivity contribution is -0.124. The third kappa shape index (κ3) is 5.39. The number of thiophene rings is 1. The van der Waals surface area contributed by atoms with Gasteiger partial charge in [0, 0.05) is 16.3 Å². The molecule has 2 aromatic heterocycles. The van der Waals surface area contributed by atoms with Crippen LogP contribution in [0.25, 0.3) is 22.6 Å². The number of amides is 1. The molecule has 1 unspecified atom stereocenters. The Hall–Kier alpha value is -3.77. The predicted octanol–water partition coefficient (Wildman–Crippen LogP) is 6.08. The molecule has 1 atom stereocenters. The summed E-state index contributed by atoms with van der Waals surface area (Å²) in [6.45, 7) is 1.66. The number of hydrogen-bond donors (Lipinski definition) is 1. The summed E-state index contributed by atoms with van der Waals surface area (Å²) < 4.78 is 5.53. The Balaban J connectivity index is 1.29. The first-order valence-electron chi connectivity index (χ1n) is 12.2. The van der Waals surface area contributed by atoms with Crippen molar-refractivity contribution in [1.82, 2.24) is 10.3 Å². The second-order valence-electron chi connectivity index (χ2n) is 9.09. The lowest BCUT2D eigenvalue weighted by Crippen LogP contribution is -2.36. The van der Waals surface area contributed by atoms with Crippen LogP contribution < -0.4 is 5.32 Å². The summed E-state index contributed by atoms with van der Waals surface area (Å²) >= 11 is 1.68. The van der Waals surface area contributed by atoms with Gasteiger partial charge < -0.3 is 10.1 Å². The Kier molecular flexibility index (Phi) is 7.23. The van der Waals surface area contributed by atoms with Crippen molar-refractivity contribution in [2.24, 2.45) is 0 Å². The maximum Gasteiger partial charge on any atom is 0.339 e. The molecule has 182 valence electrons. The third-order valence-electron chi connectivity index (χ3n) is 6.46. The van der Waals surface area contributed by atoms with Crippen LogP contribution >= 0.6 is 11.3 Å². The summed E-state index contributed by atoms with van der Waals surface area (Å²) in [4.78, 5) is 31.9. The molecule has 5 rings (SSSR count). The molecule has 0 fully saturated rings. The number of nitrogens with one attached hydrogen (secondary N) is 1. The fourth-order valence-corrected chi connectivity index (χ4v) is 5.36. The van der Waals surface area contributed by atoms with Crippen molar-refractivity contribution < 1.29 is 14.3 Å². The molecule has 36 heavy (non-hydrogen) atoms. The van der Waals surface area contributed by atoms with Gasteiger partial charge in [0.1, 0.15) is 0 Å². The first-order chi connectivity index (χ1) is 17.6. The zero-order valence-corrected chi connectivity index (χ0v) is 21.0. The minimum atomic E-state index is -0.477. The molecule has 1 aliphatic carbocycles. The number of fused-ring (bicyclic) bond motifs is 2. The summed E-state index contributed by atoms with van der Waals surface area (Å²) in [7, 11) is 0. The van der Waals surface area contributed by atoms with Gasteiger partial charge in [-0.15, -0.1) is 11.3 Å². The summed E-state index contributed by atoms with van der Waals surface area (Å²) in [5, 5.41) is 5.75. The summed E-state index contributed by atoms with van der Waals surface area (Å²) in [6.07, 6.45) is 5.37. The number of hydrogen-bond acceptors (Lipinski definition) is 5. The zero-order chi connectivity index (χ0) is 24.9. The van der Waals surface area contributed by atoms with Crippen LogP contribution in [0.15, 0.2) is 72.1 Å². The minimum Gasteiger partial charge on any atom is -0.452 e. The molecule has 6 heteroatoms. The normalized spacial score (nSPS) is 14.5. The van der Waals surface area contributed by atoms with Gasteiger partial charge in [0.25, 0.3) is 5.91 Å². The number of pyridine rings is 1. The number of carbonyl (C=O) groups is 2. The molecule has 0 saturated carbocycles. The Morgan fingerprint density at radius 2 is 1.86 bits per heavy atom. The molecule has 0 bridgehead atoms. The summed E-state index contributed by atoms with van der Waals surface area (Å²) in [5.41, 5.74) is 5.38. The zero-order valence-electron chi connectivity index (χ0n) is 20.2. The van der Waals surface area contributed by atoms with Gasteiger partial charge in [-0.2, -0.15) is 0 Å². The monoisotopic (exact) mass is 496 g/mol. The van der Waals surface area contributed by atoms with Crippen molar-refractivity contribution in [2.75, 3.05) is 6.61 Å². The number of benzene rings is 2. The van der Waals surface area contributed by atoms with Crippen LogP contribution in [-0.2, 0) is 22.4 Å². The Morgan fingerprint density at radius 1 is 1.06 bits per heavy atom. The van der Waals surface area contributed by atoms with Crippen LogP contribution in [0.5, 0.6) is 0 Å². The van der Waals surface area contributed by atoms with Gasteiger partial charge in [-0.25, -0.2) is 9.78 Å². The molecule has 0 radical (unpaired) electrons. The molecule has 4 aromatic rings. The van der Waals surface area contributed by atoms with Crippen molar-refractivity contribution in [2.45, 2.75) is 38.6 Å². The number of ether oxygens (including phenoxy) is 1. The van der Waals surface area contributed by atoms with E-state index in [1.165, 1.54) is 5.56 Å². The van der Waals surface area contributed by atoms with Gasteiger partial charge in [0.05, 0.1) is 16.8 Å². The fraction of sp³-hybridized carbons (Fsp3) is 0.233. The number of rotatable bonds is 8. The molecular formula is C30H28N2O3S. The highest BCUT2D eigenvalue weighted by Crippen LogP contribution is 2.38. The highest BCUT2D eigenvalue weighted by molar-refractivity contribution is 7.10. The number of aryl methyl sites for hydroxylation is 1. The van der Waals surface area contributed by atoms with E-state index >= 15 is 0 Å². The Labute approximate surface area is 214 Å². The molecule has 5 nitrogen and oxygen atoms in total. The van der Waals surface area contributed by atoms with E-state index in [1.54, 1.807) is 11.3 Å². The number of carbonyl (C=O) groups excluding carboxylic acids is 2. The number of aromatic nitrogens is 1. The van der Waals surface area contributed by atoms with Crippen LogP contribution in [-0.4, -0.2) is 29.5 Å². The highest BCUT2D eigenvalue weighted by atomic mass is 32.1. The van der Waals surface area contributed by atoms with Crippen LogP contribution in [0, 0.1) is 0 Å². The van der Waals surface area contributed by atoms with E-state index in [-0.39, 0.29) is 18.6 Å². The predicted molar refractivity (Wildman–Crippen MR) is 145 cm³/mol. The lowest BCUT2D eigenvalue weighted by atomic mass is 10.0. The van der Waals surface area contributed by atoms with Crippen molar-refractivity contribution >= 4 is 45.8 Å². The van der Waals surface area contributed by atoms with Crippen molar-refractivity contribution in [3.8, 4) is 0 Å². The maximum absolute atomic E-state index is 13.3. The van der Waals surface area contributed by atoms with E-state index in [0.29, 0.717) is 5.56 Å². The van der Waals surface area contributed by atoms with Crippen LogP contribution in [0.4, 0.5) is 0 Å². The second kappa shape index (κ2) is 10.9. The maximum atomic E-state index is 13.3. The average molecular weight is 497 g/mol. The van der Waals surface area contributed by atoms with Gasteiger partial charge in [-0.3, -0.25) is 4.79 Å². The Morgan fingerprint density at radius 3 is 2.67 bits per heavy atom. The van der Waals surface area contributed by atoms with Gasteiger partial charge in [0.15, 0.2) is 6.61 Å². The first kappa shape index (κ1) is 23.9. The van der Waals surface area contributed by atoms with E-state index in [1.807, 2.05) is 60.8 Å². The highest BCUT2D eigenvalue weighted by Gasteiger charge is 2.28. The standard InChI is InChI=1S/C30H28N2O3S/c1-20(13-14-21-8-3-2-4-9-21)31-27(33)19-35-30(34)28-24-11-5-6-12-26(24)32-29-22(15-16-25(28)29)18-23-10-7-17-36-23/h2-12,17-18,20H,13-16,19H2,1H3,(H,31,33). The smallest absolute Gasteiger partial charge is 0.339 e. The van der Waals surface area contributed by atoms with Crippen LogP contribution in [0.1, 0.15) is 51.8 Å². The van der Waals surface area contributed by atoms with Crippen LogP contribution in [0.2, 0.25) is 0 Å². The van der Waals surface area contributed by atoms with E-state index in [4.69, 9.17) is 9.72 Å². The van der Waals surface area contributed by atoms with E-state index in [0.717, 1.165) is 58.3 Å². The third-order valence-corrected chi connectivity index (χ3v) is 7.28. The molecule has 0 spiro atoms. The van der Waals surface area contributed by atoms with Gasteiger partial charge in [0.2, 0.25) is 0 Å². The van der Waals surface area contributed by atoms with Crippen LogP contribution in [0.3, 0.4) is 0 Å². The van der Waals surface area contributed by atoms with Gasteiger partial charge in [-0.1, -0.05) is 54.6 Å². The SMILES string of the molecule is CC(CCc1ccccc1)NC(=O)COC(=O)c1c2c(nc3ccccc13)C(=Cc1cccs1)CC2. The molecule has 1 aliphatic rings. The quantitative estimate of drug-likeness (QED) is 0.300. The van der Waals surface area contributed by atoms with Crippen molar-refractivity contribution in [1.29, 1.82) is 0 Å². The second-order valence-corrected chi connectivity index (χ2v) is 10.1. The average Bonchev–Trinajstić information content (AvgIpc) is 3.56. The molecule has 0 aliphatic heterocycles. The lowest BCUT2D eigenvalue weighted by Gasteiger charge is -2.15. The van der Waals surface area contributed by atoms with E-state index in [2.05, 4.69) is 29.6 Å². The summed E-state index contributed by atoms with van der Waals surface area (Å²) in [6, 6.07) is 21.9. The topological polar surface area (TPSA) is 68.3 Å². The van der Waals surface area contributed by atoms with Crippen molar-refractivity contribution in [3.63, 3.8) is 0 Å². The molecular weight excluding hydrogens is 468 g/mol. The molecule has 2 aromatic carbocycles. The van der Waals surface area contributed by atoms with Gasteiger partial charge >= 0.3 is 5.97 Å². The minimum absolute atomic E-state index is 0.0210. The van der Waals surface area contributed by atoms with E-state index in [9.17, 15) is 9.59 Å². The largest absolute Gasteiger partial charge is 0.452 e. The molecule has 2 heterocycles. The fourth-order valence-electron chi connectivity index (χ4n) is 4.68. The number of esters is 1. The summed E-state index contributed by atoms with van der Waals surface area (Å²) in [5.74, 6) is -0.772. The number of allylic oxidation sites excluding steroid dienone is 1. The molecule has 0 saturated heterocycles. The van der Waals surface area contributed by atoms with E-state index < -0.39 is 5.97 Å². The molecule has 1 amide bonds. The molecule has 1 N–H and O–H groups in total. The van der Waals surface area contributed by atoms with Crippen molar-refractivity contribution in [3.05, 3.63) is 99.4 Å². The Bertz CT molecular complexity index is 1410.